The third-order valence-corrected chi connectivity index (χ3v) is 7.61. The van der Waals surface area contributed by atoms with Crippen LogP contribution < -0.4 is 26.4 Å². The normalized spacial score (nSPS) is 17.3. The largest absolute Gasteiger partial charge is 0.481 e. The summed E-state index contributed by atoms with van der Waals surface area (Å²) in [6.45, 7) is 4.17. The maximum atomic E-state index is 12.6. The summed E-state index contributed by atoms with van der Waals surface area (Å²) in [5, 5.41) is 19.1. The van der Waals surface area contributed by atoms with Crippen molar-refractivity contribution in [3.8, 4) is 0 Å². The molecule has 2 fully saturated rings. The molecule has 2 aromatic heterocycles. The SMILES string of the molecule is NCC1CCN(c2nc(Nc3ccc(N4CCC(CCC(=O)O)CC4)cc3)c3c(=O)[nH]ncc3n2)CC1. The van der Waals surface area contributed by atoms with Crippen molar-refractivity contribution in [1.29, 1.82) is 0 Å². The van der Waals surface area contributed by atoms with Gasteiger partial charge < -0.3 is 26.0 Å². The Hall–Kier alpha value is -3.73. The summed E-state index contributed by atoms with van der Waals surface area (Å²) >= 11 is 0. The maximum absolute atomic E-state index is 12.6. The fourth-order valence-corrected chi connectivity index (χ4v) is 5.29. The lowest BCUT2D eigenvalue weighted by Gasteiger charge is -2.33. The van der Waals surface area contributed by atoms with Crippen molar-refractivity contribution in [2.45, 2.75) is 38.5 Å². The molecule has 2 aliphatic heterocycles. The first-order valence-electron chi connectivity index (χ1n) is 13.0. The number of aromatic amines is 1. The number of carboxylic acid groups (broad SMARTS) is 1. The molecule has 2 saturated heterocycles. The molecular weight excluding hydrogens is 472 g/mol. The summed E-state index contributed by atoms with van der Waals surface area (Å²) in [5.41, 5.74) is 7.96. The highest BCUT2D eigenvalue weighted by atomic mass is 16.4. The van der Waals surface area contributed by atoms with Gasteiger partial charge in [0.05, 0.1) is 6.20 Å². The molecule has 37 heavy (non-hydrogen) atoms. The van der Waals surface area contributed by atoms with Crippen molar-refractivity contribution in [2.75, 3.05) is 47.8 Å². The van der Waals surface area contributed by atoms with Gasteiger partial charge in [-0.15, -0.1) is 0 Å². The zero-order valence-corrected chi connectivity index (χ0v) is 20.9. The van der Waals surface area contributed by atoms with Gasteiger partial charge in [0.2, 0.25) is 5.95 Å². The number of rotatable bonds is 8. The van der Waals surface area contributed by atoms with Crippen molar-refractivity contribution in [1.82, 2.24) is 20.2 Å². The van der Waals surface area contributed by atoms with Crippen molar-refractivity contribution >= 4 is 40.0 Å². The van der Waals surface area contributed by atoms with Gasteiger partial charge in [-0.25, -0.2) is 10.1 Å². The first-order valence-corrected chi connectivity index (χ1v) is 13.0. The summed E-state index contributed by atoms with van der Waals surface area (Å²) in [4.78, 5) is 37.3. The van der Waals surface area contributed by atoms with Gasteiger partial charge in [0.15, 0.2) is 0 Å². The van der Waals surface area contributed by atoms with E-state index in [2.05, 4.69) is 42.4 Å². The number of nitrogens with one attached hydrogen (secondary N) is 2. The van der Waals surface area contributed by atoms with E-state index in [9.17, 15) is 9.59 Å². The van der Waals surface area contributed by atoms with E-state index in [0.717, 1.165) is 69.7 Å². The second-order valence-electron chi connectivity index (χ2n) is 10.0. The Balaban J connectivity index is 1.31. The highest BCUT2D eigenvalue weighted by Gasteiger charge is 2.23. The van der Waals surface area contributed by atoms with E-state index >= 15 is 0 Å². The third-order valence-electron chi connectivity index (χ3n) is 7.61. The van der Waals surface area contributed by atoms with Crippen LogP contribution in [0.5, 0.6) is 0 Å². The van der Waals surface area contributed by atoms with Crippen molar-refractivity contribution in [3.05, 3.63) is 40.8 Å². The number of H-pyrrole nitrogens is 1. The molecule has 11 nitrogen and oxygen atoms in total. The van der Waals surface area contributed by atoms with Crippen molar-refractivity contribution in [2.24, 2.45) is 17.6 Å². The molecule has 0 spiro atoms. The molecule has 0 saturated carbocycles. The molecule has 5 N–H and O–H groups in total. The molecule has 0 radical (unpaired) electrons. The van der Waals surface area contributed by atoms with Crippen LogP contribution in [0.1, 0.15) is 38.5 Å². The molecule has 196 valence electrons. The average molecular weight is 507 g/mol. The van der Waals surface area contributed by atoms with Crippen LogP contribution in [-0.4, -0.2) is 64.0 Å². The molecule has 4 heterocycles. The minimum Gasteiger partial charge on any atom is -0.481 e. The van der Waals surface area contributed by atoms with Crippen molar-refractivity contribution < 1.29 is 9.90 Å². The van der Waals surface area contributed by atoms with Crippen molar-refractivity contribution in [3.63, 3.8) is 0 Å². The Morgan fingerprint density at radius 1 is 1.03 bits per heavy atom. The highest BCUT2D eigenvalue weighted by molar-refractivity contribution is 5.90. The number of anilines is 4. The molecule has 11 heteroatoms. The van der Waals surface area contributed by atoms with E-state index in [1.807, 2.05) is 12.1 Å². The van der Waals surface area contributed by atoms with Crippen LogP contribution >= 0.6 is 0 Å². The van der Waals surface area contributed by atoms with E-state index in [4.69, 9.17) is 15.8 Å². The number of carboxylic acids is 1. The Bertz CT molecular complexity index is 1280. The fraction of sp³-hybridized carbons (Fsp3) is 0.500. The number of hydrogen-bond acceptors (Lipinski definition) is 9. The molecule has 1 aromatic carbocycles. The number of nitrogens with zero attached hydrogens (tertiary/aromatic N) is 5. The predicted octanol–water partition coefficient (Wildman–Crippen LogP) is 2.71. The highest BCUT2D eigenvalue weighted by Crippen LogP contribution is 2.29. The first-order chi connectivity index (χ1) is 18.0. The standard InChI is InChI=1S/C26H34N8O3/c27-15-18-9-13-34(14-10-18)26-30-21-16-28-32-25(37)23(21)24(31-26)29-19-2-4-20(5-3-19)33-11-7-17(8-12-33)1-6-22(35)36/h2-5,16-18H,1,6-15,27H2,(H,32,37)(H,35,36)(H,29,30,31). The number of carbonyl (C=O) groups is 1. The lowest BCUT2D eigenvalue weighted by Crippen LogP contribution is -2.37. The quantitative estimate of drug-likeness (QED) is 0.358. The summed E-state index contributed by atoms with van der Waals surface area (Å²) in [5.74, 6) is 1.32. The summed E-state index contributed by atoms with van der Waals surface area (Å²) in [7, 11) is 0. The van der Waals surface area contributed by atoms with Gasteiger partial charge in [0.25, 0.3) is 5.56 Å². The summed E-state index contributed by atoms with van der Waals surface area (Å²) in [6, 6.07) is 8.10. The number of fused-ring (bicyclic) bond motifs is 1. The number of hydrogen-bond donors (Lipinski definition) is 4. The minimum atomic E-state index is -0.719. The zero-order chi connectivity index (χ0) is 25.8. The second-order valence-corrected chi connectivity index (χ2v) is 10.0. The van der Waals surface area contributed by atoms with Crippen LogP contribution in [0.4, 0.5) is 23.1 Å². The van der Waals surface area contributed by atoms with E-state index in [0.29, 0.717) is 41.0 Å². The maximum Gasteiger partial charge on any atom is 0.303 e. The summed E-state index contributed by atoms with van der Waals surface area (Å²) < 4.78 is 0. The summed E-state index contributed by atoms with van der Waals surface area (Å²) in [6.07, 6.45) is 6.54. The van der Waals surface area contributed by atoms with E-state index in [-0.39, 0.29) is 12.0 Å². The minimum absolute atomic E-state index is 0.245. The van der Waals surface area contributed by atoms with Gasteiger partial charge in [-0.1, -0.05) is 0 Å². The monoisotopic (exact) mass is 506 g/mol. The number of aliphatic carboxylic acids is 1. The van der Waals surface area contributed by atoms with E-state index in [1.165, 1.54) is 0 Å². The lowest BCUT2D eigenvalue weighted by molar-refractivity contribution is -0.137. The van der Waals surface area contributed by atoms with Crippen LogP contribution in [0.3, 0.4) is 0 Å². The molecule has 0 atom stereocenters. The molecule has 0 bridgehead atoms. The molecule has 3 aromatic rings. The van der Waals surface area contributed by atoms with Gasteiger partial charge in [-0.3, -0.25) is 9.59 Å². The van der Waals surface area contributed by atoms with Crippen LogP contribution in [-0.2, 0) is 4.79 Å². The van der Waals surface area contributed by atoms with Gasteiger partial charge >= 0.3 is 5.97 Å². The van der Waals surface area contributed by atoms with Gasteiger partial charge in [0.1, 0.15) is 16.7 Å². The molecular formula is C26H34N8O3. The smallest absolute Gasteiger partial charge is 0.303 e. The Morgan fingerprint density at radius 2 is 1.70 bits per heavy atom. The number of nitrogens with two attached hydrogens (primary N) is 1. The average Bonchev–Trinajstić information content (AvgIpc) is 2.92. The Labute approximate surface area is 215 Å². The second kappa shape index (κ2) is 11.1. The van der Waals surface area contributed by atoms with Crippen LogP contribution in [0.2, 0.25) is 0 Å². The Kier molecular flexibility index (Phi) is 7.50. The van der Waals surface area contributed by atoms with Crippen LogP contribution in [0.15, 0.2) is 35.3 Å². The number of aromatic nitrogens is 4. The Morgan fingerprint density at radius 3 is 2.38 bits per heavy atom. The molecule has 0 unspecified atom stereocenters. The van der Waals surface area contributed by atoms with E-state index < -0.39 is 5.97 Å². The number of benzene rings is 1. The van der Waals surface area contributed by atoms with Gasteiger partial charge in [-0.2, -0.15) is 10.1 Å². The molecule has 2 aliphatic rings. The number of piperidine rings is 2. The van der Waals surface area contributed by atoms with Crippen LogP contribution in [0.25, 0.3) is 10.9 Å². The predicted molar refractivity (Wildman–Crippen MR) is 143 cm³/mol. The lowest BCUT2D eigenvalue weighted by atomic mass is 9.92. The fourth-order valence-electron chi connectivity index (χ4n) is 5.29. The van der Waals surface area contributed by atoms with E-state index in [1.54, 1.807) is 6.20 Å². The molecule has 0 amide bonds. The first kappa shape index (κ1) is 24.9. The third kappa shape index (κ3) is 5.82. The molecule has 5 rings (SSSR count). The van der Waals surface area contributed by atoms with Crippen LogP contribution in [0, 0.1) is 11.8 Å². The molecule has 0 aliphatic carbocycles. The van der Waals surface area contributed by atoms with Gasteiger partial charge in [0, 0.05) is 44.0 Å². The van der Waals surface area contributed by atoms with Gasteiger partial charge in [-0.05, 0) is 74.8 Å². The topological polar surface area (TPSA) is 153 Å². The zero-order valence-electron chi connectivity index (χ0n) is 20.9.